The number of ether oxygens (including phenoxy) is 1. The van der Waals surface area contributed by atoms with Crippen molar-refractivity contribution in [1.82, 2.24) is 4.90 Å². The number of rotatable bonds is 8. The van der Waals surface area contributed by atoms with Crippen LogP contribution in [0.3, 0.4) is 0 Å². The van der Waals surface area contributed by atoms with Gasteiger partial charge in [0, 0.05) is 31.2 Å². The molecule has 1 amide bonds. The van der Waals surface area contributed by atoms with Crippen molar-refractivity contribution in [3.8, 4) is 5.75 Å². The molecule has 3 aromatic carbocycles. The van der Waals surface area contributed by atoms with Gasteiger partial charge >= 0.3 is 0 Å². The number of carbonyl (C=O) groups is 1. The largest absolute Gasteiger partial charge is 0.489 e. The summed E-state index contributed by atoms with van der Waals surface area (Å²) in [5.74, 6) is 0.158. The Morgan fingerprint density at radius 2 is 1.43 bits per heavy atom. The zero-order valence-electron chi connectivity index (χ0n) is 16.8. The molecule has 1 heterocycles. The first kappa shape index (κ1) is 20.0. The Hall–Kier alpha value is -3.31. The third-order valence-electron chi connectivity index (χ3n) is 5.39. The topological polar surface area (TPSA) is 59.0 Å². The van der Waals surface area contributed by atoms with E-state index in [1.807, 2.05) is 24.3 Å². The Morgan fingerprint density at radius 3 is 2.07 bits per heavy atom. The van der Waals surface area contributed by atoms with Crippen LogP contribution in [0.25, 0.3) is 0 Å². The van der Waals surface area contributed by atoms with E-state index in [1.165, 1.54) is 16.7 Å². The molecule has 0 saturated heterocycles. The Balaban J connectivity index is 1.25. The molecule has 0 spiro atoms. The van der Waals surface area contributed by atoms with E-state index < -0.39 is 5.91 Å². The number of aryl methyl sites for hydroxylation is 1. The van der Waals surface area contributed by atoms with Gasteiger partial charge in [-0.25, -0.2) is 0 Å². The van der Waals surface area contributed by atoms with Gasteiger partial charge in [0.25, 0.3) is 5.91 Å². The number of fused-ring (bicyclic) bond motifs is 1. The van der Waals surface area contributed by atoms with Crippen LogP contribution in [0.4, 0.5) is 0 Å². The summed E-state index contributed by atoms with van der Waals surface area (Å²) in [4.78, 5) is 23.6. The second-order valence-electron chi connectivity index (χ2n) is 7.65. The van der Waals surface area contributed by atoms with E-state index in [9.17, 15) is 9.70 Å². The molecule has 0 radical (unpaired) electrons. The third kappa shape index (κ3) is 5.19. The number of hydrogen-bond acceptors (Lipinski definition) is 4. The maximum Gasteiger partial charge on any atom is 0.286 e. The number of nitroso groups, excluding NO2 is 1. The van der Waals surface area contributed by atoms with Crippen molar-refractivity contribution in [2.45, 2.75) is 39.1 Å². The van der Waals surface area contributed by atoms with Gasteiger partial charge in [0.15, 0.2) is 0 Å². The van der Waals surface area contributed by atoms with E-state index >= 15 is 0 Å². The van der Waals surface area contributed by atoms with Crippen LogP contribution in [0, 0.1) is 4.91 Å². The minimum atomic E-state index is -0.618. The summed E-state index contributed by atoms with van der Waals surface area (Å²) < 4.78 is 5.86. The van der Waals surface area contributed by atoms with E-state index in [4.69, 9.17) is 4.74 Å². The summed E-state index contributed by atoms with van der Waals surface area (Å²) in [6.45, 7) is 3.47. The van der Waals surface area contributed by atoms with Crippen molar-refractivity contribution in [2.75, 3.05) is 0 Å². The van der Waals surface area contributed by atoms with Crippen LogP contribution in [-0.2, 0) is 37.5 Å². The molecule has 0 atom stereocenters. The van der Waals surface area contributed by atoms with Gasteiger partial charge in [0.2, 0.25) is 0 Å². The molecule has 1 aliphatic rings. The summed E-state index contributed by atoms with van der Waals surface area (Å²) in [7, 11) is 0. The molecule has 5 nitrogen and oxygen atoms in total. The first-order valence-corrected chi connectivity index (χ1v) is 10.1. The van der Waals surface area contributed by atoms with Crippen LogP contribution >= 0.6 is 0 Å². The van der Waals surface area contributed by atoms with Crippen molar-refractivity contribution >= 4 is 5.91 Å². The van der Waals surface area contributed by atoms with Gasteiger partial charge in [-0.3, -0.25) is 9.69 Å². The quantitative estimate of drug-likeness (QED) is 0.499. The Bertz CT molecular complexity index is 988. The number of amides is 1. The van der Waals surface area contributed by atoms with E-state index in [-0.39, 0.29) is 6.42 Å². The van der Waals surface area contributed by atoms with E-state index in [0.717, 1.165) is 36.5 Å². The molecule has 3 aromatic rings. The van der Waals surface area contributed by atoms with Crippen molar-refractivity contribution < 1.29 is 9.53 Å². The van der Waals surface area contributed by atoms with Crippen molar-refractivity contribution in [1.29, 1.82) is 0 Å². The highest BCUT2D eigenvalue weighted by Gasteiger charge is 2.17. The molecule has 152 valence electrons. The molecule has 0 N–H and O–H groups in total. The molecule has 0 aliphatic carbocycles. The molecule has 0 aromatic heterocycles. The second-order valence-corrected chi connectivity index (χ2v) is 7.65. The summed E-state index contributed by atoms with van der Waals surface area (Å²) in [6.07, 6.45) is 0.647. The average Bonchev–Trinajstić information content (AvgIpc) is 3.20. The zero-order chi connectivity index (χ0) is 20.8. The van der Waals surface area contributed by atoms with Crippen LogP contribution in [0.5, 0.6) is 5.75 Å². The maximum absolute atomic E-state index is 11.0. The molecule has 5 heteroatoms. The summed E-state index contributed by atoms with van der Waals surface area (Å²) in [5, 5.41) is 2.41. The van der Waals surface area contributed by atoms with Crippen molar-refractivity contribution in [3.63, 3.8) is 0 Å². The monoisotopic (exact) mass is 400 g/mol. The fraction of sp³-hybridized carbons (Fsp3) is 0.240. The standard InChI is InChI=1S/C25H24N2O3/c28-25(26-29)14-11-19-9-12-24(13-10-19)30-18-21-7-5-20(6-8-21)15-27-16-22-3-1-2-4-23(22)17-27/h1-10,12-13H,11,14-18H2. The predicted molar refractivity (Wildman–Crippen MR) is 116 cm³/mol. The molecule has 30 heavy (non-hydrogen) atoms. The van der Waals surface area contributed by atoms with Gasteiger partial charge in [-0.2, -0.15) is 0 Å². The number of nitrogens with zero attached hydrogens (tertiary/aromatic N) is 2. The number of benzene rings is 3. The molecular weight excluding hydrogens is 376 g/mol. The zero-order valence-corrected chi connectivity index (χ0v) is 16.8. The van der Waals surface area contributed by atoms with Crippen LogP contribution in [0.1, 0.15) is 34.2 Å². The van der Waals surface area contributed by atoms with Gasteiger partial charge in [0.05, 0.1) is 0 Å². The Kier molecular flexibility index (Phi) is 6.30. The van der Waals surface area contributed by atoms with Crippen molar-refractivity contribution in [3.05, 3.63) is 106 Å². The van der Waals surface area contributed by atoms with Gasteiger partial charge in [-0.1, -0.05) is 60.7 Å². The van der Waals surface area contributed by atoms with E-state index in [2.05, 4.69) is 58.6 Å². The summed E-state index contributed by atoms with van der Waals surface area (Å²) >= 11 is 0. The lowest BCUT2D eigenvalue weighted by molar-refractivity contribution is -0.117. The predicted octanol–water partition coefficient (Wildman–Crippen LogP) is 5.01. The third-order valence-corrected chi connectivity index (χ3v) is 5.39. The van der Waals surface area contributed by atoms with Crippen LogP contribution in [0.2, 0.25) is 0 Å². The van der Waals surface area contributed by atoms with Gasteiger partial charge in [-0.05, 0) is 46.4 Å². The SMILES string of the molecule is O=NC(=O)CCc1ccc(OCc2ccc(CN3Cc4ccccc4C3)cc2)cc1. The lowest BCUT2D eigenvalue weighted by Crippen LogP contribution is -2.15. The number of carbonyl (C=O) groups excluding carboxylic acids is 1. The summed E-state index contributed by atoms with van der Waals surface area (Å²) in [5.41, 5.74) is 6.26. The molecule has 0 bridgehead atoms. The summed E-state index contributed by atoms with van der Waals surface area (Å²) in [6, 6.07) is 24.8. The fourth-order valence-corrected chi connectivity index (χ4v) is 3.73. The van der Waals surface area contributed by atoms with Gasteiger partial charge in [0.1, 0.15) is 12.4 Å². The van der Waals surface area contributed by atoms with E-state index in [0.29, 0.717) is 13.0 Å². The molecule has 1 aliphatic heterocycles. The molecule has 4 rings (SSSR count). The van der Waals surface area contributed by atoms with Gasteiger partial charge in [-0.15, -0.1) is 4.91 Å². The molecule has 0 fully saturated rings. The van der Waals surface area contributed by atoms with Crippen LogP contribution in [0.15, 0.2) is 78.0 Å². The first-order valence-electron chi connectivity index (χ1n) is 10.1. The van der Waals surface area contributed by atoms with Crippen molar-refractivity contribution in [2.24, 2.45) is 5.18 Å². The van der Waals surface area contributed by atoms with E-state index in [1.54, 1.807) is 0 Å². The number of hydrogen-bond donors (Lipinski definition) is 0. The minimum absolute atomic E-state index is 0.138. The maximum atomic E-state index is 11.0. The normalized spacial score (nSPS) is 13.1. The Morgan fingerprint density at radius 1 is 0.833 bits per heavy atom. The highest BCUT2D eigenvalue weighted by molar-refractivity contribution is 5.76. The van der Waals surface area contributed by atoms with Gasteiger partial charge < -0.3 is 4.74 Å². The van der Waals surface area contributed by atoms with Crippen LogP contribution < -0.4 is 4.74 Å². The molecular formula is C25H24N2O3. The smallest absolute Gasteiger partial charge is 0.286 e. The lowest BCUT2D eigenvalue weighted by atomic mass is 10.1. The average molecular weight is 400 g/mol. The second kappa shape index (κ2) is 9.46. The molecule has 0 unspecified atom stereocenters. The molecule has 0 saturated carbocycles. The first-order chi connectivity index (χ1) is 14.7. The fourth-order valence-electron chi connectivity index (χ4n) is 3.73. The lowest BCUT2D eigenvalue weighted by Gasteiger charge is -2.15. The Labute approximate surface area is 176 Å². The minimum Gasteiger partial charge on any atom is -0.489 e. The van der Waals surface area contributed by atoms with Crippen LogP contribution in [-0.4, -0.2) is 10.8 Å². The highest BCUT2D eigenvalue weighted by atomic mass is 16.5. The highest BCUT2D eigenvalue weighted by Crippen LogP contribution is 2.24.